The second-order valence-electron chi connectivity index (χ2n) is 3.48. The molecule has 1 aliphatic carbocycles. The lowest BCUT2D eigenvalue weighted by molar-refractivity contribution is -0.142. The van der Waals surface area contributed by atoms with Crippen LogP contribution in [-0.4, -0.2) is 24.1 Å². The van der Waals surface area contributed by atoms with Crippen molar-refractivity contribution in [1.29, 1.82) is 0 Å². The van der Waals surface area contributed by atoms with E-state index in [0.717, 1.165) is 17.0 Å². The molecule has 2 unspecified atom stereocenters. The van der Waals surface area contributed by atoms with Crippen molar-refractivity contribution in [2.24, 2.45) is 0 Å². The van der Waals surface area contributed by atoms with Gasteiger partial charge in [0.2, 0.25) is 0 Å². The molecule has 7 heteroatoms. The predicted octanol–water partition coefficient (Wildman–Crippen LogP) is 2.73. The van der Waals surface area contributed by atoms with E-state index in [0.29, 0.717) is 6.61 Å². The van der Waals surface area contributed by atoms with E-state index in [-0.39, 0.29) is 17.4 Å². The third kappa shape index (κ3) is 3.21. The average Bonchev–Trinajstić information content (AvgIpc) is 2.73. The molecule has 1 fully saturated rings. The zero-order valence-corrected chi connectivity index (χ0v) is 12.4. The number of thioether (sulfide) groups is 1. The van der Waals surface area contributed by atoms with Gasteiger partial charge >= 0.3 is 5.97 Å². The Morgan fingerprint density at radius 3 is 3.29 bits per heavy atom. The zero-order valence-electron chi connectivity index (χ0n) is 9.14. The molecule has 1 N–H and O–H groups in total. The van der Waals surface area contributed by atoms with Crippen molar-refractivity contribution in [1.82, 2.24) is 5.32 Å². The molecule has 0 aromatic heterocycles. The van der Waals surface area contributed by atoms with Crippen LogP contribution in [-0.2, 0) is 13.7 Å². The predicted molar refractivity (Wildman–Crippen MR) is 73.3 cm³/mol. The van der Waals surface area contributed by atoms with Crippen LogP contribution in [0.1, 0.15) is 13.3 Å². The minimum absolute atomic E-state index is 0.0494. The molecule has 1 heterocycles. The molecule has 0 bridgehead atoms. The van der Waals surface area contributed by atoms with Crippen LogP contribution in [0.4, 0.5) is 0 Å². The van der Waals surface area contributed by atoms with Crippen LogP contribution in [0.2, 0.25) is 0 Å². The van der Waals surface area contributed by atoms with Crippen LogP contribution in [0.3, 0.4) is 0 Å². The van der Waals surface area contributed by atoms with E-state index in [4.69, 9.17) is 8.92 Å². The van der Waals surface area contributed by atoms with Crippen molar-refractivity contribution in [3.05, 3.63) is 22.8 Å². The van der Waals surface area contributed by atoms with Gasteiger partial charge in [-0.05, 0) is 19.4 Å². The summed E-state index contributed by atoms with van der Waals surface area (Å²) in [5.74, 6) is -0.221. The Morgan fingerprint density at radius 1 is 1.76 bits per heavy atom. The SMILES string of the molecule is CCOC(=O)C1NC2=CCC(OSBr)C=C2S1. The molecule has 1 aliphatic heterocycles. The standard InChI is InChI=1S/C10H12BrNO3S2/c1-2-14-10(13)9-12-7-4-3-6(15-17-11)5-8(7)16-9/h4-6,9,12H,2-3H2,1H3. The van der Waals surface area contributed by atoms with Crippen molar-refractivity contribution in [3.8, 4) is 0 Å². The molecule has 2 aliphatic rings. The maximum absolute atomic E-state index is 11.6. The Balaban J connectivity index is 2.00. The number of rotatable bonds is 4. The molecule has 4 nitrogen and oxygen atoms in total. The third-order valence-electron chi connectivity index (χ3n) is 2.35. The fraction of sp³-hybridized carbons (Fsp3) is 0.500. The first-order valence-corrected chi connectivity index (χ1v) is 8.67. The number of ether oxygens (including phenoxy) is 1. The molecule has 94 valence electrons. The minimum Gasteiger partial charge on any atom is -0.464 e. The van der Waals surface area contributed by atoms with E-state index in [1.165, 1.54) is 22.2 Å². The van der Waals surface area contributed by atoms with Crippen LogP contribution in [0.5, 0.6) is 0 Å². The normalized spacial score (nSPS) is 26.7. The van der Waals surface area contributed by atoms with Crippen LogP contribution in [0.25, 0.3) is 0 Å². The average molecular weight is 338 g/mol. The molecule has 2 atom stereocenters. The van der Waals surface area contributed by atoms with Gasteiger partial charge in [0.1, 0.15) is 0 Å². The Kier molecular flexibility index (Phi) is 4.84. The number of nitrogens with one attached hydrogen (secondary N) is 1. The molecule has 1 saturated heterocycles. The number of fused-ring (bicyclic) bond motifs is 1. The largest absolute Gasteiger partial charge is 0.464 e. The van der Waals surface area contributed by atoms with Gasteiger partial charge in [-0.2, -0.15) is 0 Å². The number of hydrogen-bond donors (Lipinski definition) is 1. The fourth-order valence-electron chi connectivity index (χ4n) is 1.63. The second-order valence-corrected chi connectivity index (χ2v) is 5.73. The number of esters is 1. The maximum Gasteiger partial charge on any atom is 0.339 e. The summed E-state index contributed by atoms with van der Waals surface area (Å²) in [5, 5.41) is 2.82. The van der Waals surface area contributed by atoms with E-state index in [1.54, 1.807) is 6.92 Å². The number of hydrogen-bond acceptors (Lipinski definition) is 6. The molecular formula is C10H12BrNO3S2. The van der Waals surface area contributed by atoms with Crippen LogP contribution in [0.15, 0.2) is 22.8 Å². The van der Waals surface area contributed by atoms with Gasteiger partial charge in [0.25, 0.3) is 0 Å². The van der Waals surface area contributed by atoms with Crippen molar-refractivity contribution >= 4 is 43.0 Å². The highest BCUT2D eigenvalue weighted by molar-refractivity contribution is 9.49. The molecule has 0 radical (unpaired) electrons. The molecule has 2 rings (SSSR count). The summed E-state index contributed by atoms with van der Waals surface area (Å²) in [5.41, 5.74) is 1.01. The first-order valence-electron chi connectivity index (χ1n) is 5.21. The van der Waals surface area contributed by atoms with E-state index in [1.807, 2.05) is 6.08 Å². The Hall–Kier alpha value is -0.110. The summed E-state index contributed by atoms with van der Waals surface area (Å²) in [7, 11) is 1.17. The summed E-state index contributed by atoms with van der Waals surface area (Å²) in [4.78, 5) is 12.6. The van der Waals surface area contributed by atoms with Crippen molar-refractivity contribution < 1.29 is 13.7 Å². The Morgan fingerprint density at radius 2 is 2.59 bits per heavy atom. The molecule has 0 amide bonds. The van der Waals surface area contributed by atoms with Gasteiger partial charge in [0.15, 0.2) is 5.37 Å². The van der Waals surface area contributed by atoms with Gasteiger partial charge in [-0.3, -0.25) is 4.18 Å². The summed E-state index contributed by atoms with van der Waals surface area (Å²) in [6.45, 7) is 2.21. The zero-order chi connectivity index (χ0) is 12.3. The molecular weight excluding hydrogens is 326 g/mol. The van der Waals surface area contributed by atoms with Crippen molar-refractivity contribution in [3.63, 3.8) is 0 Å². The smallest absolute Gasteiger partial charge is 0.339 e. The number of carbonyl (C=O) groups excluding carboxylic acids is 1. The van der Waals surface area contributed by atoms with Gasteiger partial charge < -0.3 is 10.1 Å². The molecule has 0 spiro atoms. The highest BCUT2D eigenvalue weighted by Gasteiger charge is 2.33. The number of carbonyl (C=O) groups is 1. The summed E-state index contributed by atoms with van der Waals surface area (Å²) in [6.07, 6.45) is 4.93. The third-order valence-corrected chi connectivity index (χ3v) is 4.28. The van der Waals surface area contributed by atoms with Gasteiger partial charge in [-0.15, -0.1) is 0 Å². The Labute approximate surface area is 116 Å². The van der Waals surface area contributed by atoms with E-state index < -0.39 is 0 Å². The molecule has 0 aromatic rings. The molecule has 0 aromatic carbocycles. The lowest BCUT2D eigenvalue weighted by Crippen LogP contribution is -2.29. The van der Waals surface area contributed by atoms with E-state index >= 15 is 0 Å². The van der Waals surface area contributed by atoms with Crippen LogP contribution < -0.4 is 5.32 Å². The lowest BCUT2D eigenvalue weighted by atomic mass is 10.1. The van der Waals surface area contributed by atoms with Gasteiger partial charge in [0, 0.05) is 25.4 Å². The molecule has 17 heavy (non-hydrogen) atoms. The first-order chi connectivity index (χ1) is 8.24. The topological polar surface area (TPSA) is 47.6 Å². The van der Waals surface area contributed by atoms with E-state index in [2.05, 4.69) is 26.2 Å². The lowest BCUT2D eigenvalue weighted by Gasteiger charge is -2.14. The highest BCUT2D eigenvalue weighted by Crippen LogP contribution is 2.38. The number of halogens is 1. The van der Waals surface area contributed by atoms with Gasteiger partial charge in [0.05, 0.1) is 23.2 Å². The highest BCUT2D eigenvalue weighted by atomic mass is 79.9. The summed E-state index contributed by atoms with van der Waals surface area (Å²) in [6, 6.07) is 0. The maximum atomic E-state index is 11.6. The van der Waals surface area contributed by atoms with Gasteiger partial charge in [-0.25, -0.2) is 4.79 Å². The van der Waals surface area contributed by atoms with Crippen LogP contribution in [0, 0.1) is 0 Å². The van der Waals surface area contributed by atoms with Gasteiger partial charge in [-0.1, -0.05) is 17.8 Å². The quantitative estimate of drug-likeness (QED) is 0.628. The fourth-order valence-corrected chi connectivity index (χ4v) is 3.55. The summed E-state index contributed by atoms with van der Waals surface area (Å²) < 4.78 is 10.4. The first kappa shape index (κ1) is 13.3. The monoisotopic (exact) mass is 337 g/mol. The van der Waals surface area contributed by atoms with Crippen molar-refractivity contribution in [2.45, 2.75) is 24.8 Å². The summed E-state index contributed by atoms with van der Waals surface area (Å²) >= 11 is 4.64. The van der Waals surface area contributed by atoms with E-state index in [9.17, 15) is 4.79 Å². The molecule has 0 saturated carbocycles. The second kappa shape index (κ2) is 6.17. The Bertz CT molecular complexity index is 373. The van der Waals surface area contributed by atoms with Crippen molar-refractivity contribution in [2.75, 3.05) is 6.61 Å². The van der Waals surface area contributed by atoms with Crippen LogP contribution >= 0.6 is 37.1 Å². The minimum atomic E-state index is -0.331.